The molecule has 1 aliphatic carbocycles. The lowest BCUT2D eigenvalue weighted by Gasteiger charge is -2.28. The number of amides is 1. The van der Waals surface area contributed by atoms with Crippen molar-refractivity contribution in [3.63, 3.8) is 0 Å². The van der Waals surface area contributed by atoms with Crippen molar-refractivity contribution in [2.75, 3.05) is 12.4 Å². The number of nitrogens with zero attached hydrogens (tertiary/aromatic N) is 2. The molecule has 5 rings (SSSR count). The minimum atomic E-state index is -0.680. The molecule has 2 aromatic heterocycles. The van der Waals surface area contributed by atoms with Crippen LogP contribution in [0.1, 0.15) is 47.2 Å². The standard InChI is InChI=1S/C31H31Cl2N5O4/c1-17-19(7-6-11-23(17)36-29(40)27-22(32)16-35-38-30(27)41)20-8-5-9-21(28(20)33)24-14-13-18(31(37-24)42-2)15-34-25-10-3-4-12-26(25)39/h5-9,11,13-14,16,25-26,34,39H,3-4,10,12,15H2,1-2H3,(H,36,40)(H,38,41). The van der Waals surface area contributed by atoms with Crippen LogP contribution >= 0.6 is 23.2 Å². The van der Waals surface area contributed by atoms with Gasteiger partial charge >= 0.3 is 0 Å². The highest BCUT2D eigenvalue weighted by Crippen LogP contribution is 2.39. The number of anilines is 1. The van der Waals surface area contributed by atoms with E-state index in [2.05, 4.69) is 20.8 Å². The molecule has 1 aliphatic rings. The third-order valence-corrected chi connectivity index (χ3v) is 8.29. The van der Waals surface area contributed by atoms with Gasteiger partial charge in [0.15, 0.2) is 0 Å². The van der Waals surface area contributed by atoms with E-state index in [1.165, 1.54) is 6.20 Å². The van der Waals surface area contributed by atoms with Crippen LogP contribution in [0.5, 0.6) is 5.88 Å². The second-order valence-electron chi connectivity index (χ2n) is 10.2. The van der Waals surface area contributed by atoms with Crippen LogP contribution in [0.25, 0.3) is 22.4 Å². The number of hydrogen-bond donors (Lipinski definition) is 4. The van der Waals surface area contributed by atoms with Crippen LogP contribution in [0.3, 0.4) is 0 Å². The van der Waals surface area contributed by atoms with Gasteiger partial charge in [0.25, 0.3) is 11.5 Å². The molecule has 0 spiro atoms. The Morgan fingerprint density at radius 3 is 2.57 bits per heavy atom. The third kappa shape index (κ3) is 6.19. The minimum Gasteiger partial charge on any atom is -0.481 e. The topological polar surface area (TPSA) is 129 Å². The van der Waals surface area contributed by atoms with E-state index in [1.54, 1.807) is 19.2 Å². The van der Waals surface area contributed by atoms with Gasteiger partial charge in [-0.15, -0.1) is 0 Å². The van der Waals surface area contributed by atoms with Crippen LogP contribution in [0, 0.1) is 6.92 Å². The summed E-state index contributed by atoms with van der Waals surface area (Å²) in [7, 11) is 1.58. The van der Waals surface area contributed by atoms with Crippen molar-refractivity contribution in [1.82, 2.24) is 20.5 Å². The number of ether oxygens (including phenoxy) is 1. The average Bonchev–Trinajstić information content (AvgIpc) is 2.98. The molecule has 4 N–H and O–H groups in total. The molecule has 9 nitrogen and oxygen atoms in total. The van der Waals surface area contributed by atoms with E-state index in [0.29, 0.717) is 28.8 Å². The fourth-order valence-electron chi connectivity index (χ4n) is 5.29. The lowest BCUT2D eigenvalue weighted by molar-refractivity contribution is 0.0901. The van der Waals surface area contributed by atoms with Crippen LogP contribution in [-0.2, 0) is 6.54 Å². The van der Waals surface area contributed by atoms with Gasteiger partial charge in [-0.3, -0.25) is 9.59 Å². The van der Waals surface area contributed by atoms with Crippen LogP contribution in [0.2, 0.25) is 10.0 Å². The summed E-state index contributed by atoms with van der Waals surface area (Å²) in [5, 5.41) is 22.8. The van der Waals surface area contributed by atoms with Crippen LogP contribution < -0.4 is 20.9 Å². The van der Waals surface area contributed by atoms with Gasteiger partial charge in [-0.1, -0.05) is 72.4 Å². The van der Waals surface area contributed by atoms with E-state index in [9.17, 15) is 14.7 Å². The van der Waals surface area contributed by atoms with E-state index >= 15 is 0 Å². The summed E-state index contributed by atoms with van der Waals surface area (Å²) in [4.78, 5) is 29.8. The van der Waals surface area contributed by atoms with E-state index < -0.39 is 11.5 Å². The summed E-state index contributed by atoms with van der Waals surface area (Å²) in [5.41, 5.74) is 4.17. The number of carbonyl (C=O) groups is 1. The van der Waals surface area contributed by atoms with Crippen LogP contribution in [0.4, 0.5) is 5.69 Å². The maximum Gasteiger partial charge on any atom is 0.278 e. The molecule has 2 unspecified atom stereocenters. The number of halogens is 2. The molecule has 2 heterocycles. The molecule has 2 atom stereocenters. The van der Waals surface area contributed by atoms with Crippen molar-refractivity contribution < 1.29 is 14.6 Å². The number of benzene rings is 2. The fourth-order valence-corrected chi connectivity index (χ4v) is 5.84. The molecular weight excluding hydrogens is 577 g/mol. The van der Waals surface area contributed by atoms with Gasteiger partial charge in [0.2, 0.25) is 5.88 Å². The summed E-state index contributed by atoms with van der Waals surface area (Å²) in [6, 6.07) is 15.0. The highest BCUT2D eigenvalue weighted by atomic mass is 35.5. The lowest BCUT2D eigenvalue weighted by Crippen LogP contribution is -2.41. The Labute approximate surface area is 253 Å². The van der Waals surface area contributed by atoms with Gasteiger partial charge < -0.3 is 20.5 Å². The number of aliphatic hydroxyl groups is 1. The monoisotopic (exact) mass is 607 g/mol. The van der Waals surface area contributed by atoms with Crippen molar-refractivity contribution in [2.45, 2.75) is 51.3 Å². The Bertz CT molecular complexity index is 1680. The molecule has 11 heteroatoms. The summed E-state index contributed by atoms with van der Waals surface area (Å²) >= 11 is 13.0. The van der Waals surface area contributed by atoms with Crippen molar-refractivity contribution in [3.05, 3.63) is 91.8 Å². The quantitative estimate of drug-likeness (QED) is 0.200. The molecule has 0 radical (unpaired) electrons. The van der Waals surface area contributed by atoms with E-state index in [4.69, 9.17) is 32.9 Å². The predicted molar refractivity (Wildman–Crippen MR) is 164 cm³/mol. The van der Waals surface area contributed by atoms with Crippen LogP contribution in [-0.4, -0.2) is 45.5 Å². The first kappa shape index (κ1) is 29.7. The smallest absolute Gasteiger partial charge is 0.278 e. The molecule has 0 saturated heterocycles. The average molecular weight is 609 g/mol. The summed E-state index contributed by atoms with van der Waals surface area (Å²) in [6.45, 7) is 2.39. The summed E-state index contributed by atoms with van der Waals surface area (Å²) in [6.07, 6.45) is 4.78. The normalized spacial score (nSPS) is 16.7. The second-order valence-corrected chi connectivity index (χ2v) is 11.0. The number of pyridine rings is 1. The van der Waals surface area contributed by atoms with E-state index in [0.717, 1.165) is 53.5 Å². The number of H-pyrrole nitrogens is 1. The first-order valence-corrected chi connectivity index (χ1v) is 14.4. The summed E-state index contributed by atoms with van der Waals surface area (Å²) < 4.78 is 5.62. The van der Waals surface area contributed by atoms with Crippen LogP contribution in [0.15, 0.2) is 59.5 Å². The number of nitrogens with one attached hydrogen (secondary N) is 3. The molecule has 1 saturated carbocycles. The predicted octanol–water partition coefficient (Wildman–Crippen LogP) is 5.77. The number of rotatable bonds is 8. The van der Waals surface area contributed by atoms with Crippen molar-refractivity contribution in [1.29, 1.82) is 0 Å². The van der Waals surface area contributed by atoms with Gasteiger partial charge in [-0.05, 0) is 43.0 Å². The Balaban J connectivity index is 1.42. The van der Waals surface area contributed by atoms with Gasteiger partial charge in [0.1, 0.15) is 5.56 Å². The number of aromatic amines is 1. The minimum absolute atomic E-state index is 0.0443. The number of aliphatic hydroxyl groups excluding tert-OH is 1. The largest absolute Gasteiger partial charge is 0.481 e. The first-order valence-electron chi connectivity index (χ1n) is 13.7. The van der Waals surface area contributed by atoms with Gasteiger partial charge in [0.05, 0.1) is 35.1 Å². The Morgan fingerprint density at radius 1 is 1.07 bits per heavy atom. The second kappa shape index (κ2) is 13.0. The molecule has 2 aromatic carbocycles. The maximum atomic E-state index is 12.9. The van der Waals surface area contributed by atoms with Crippen molar-refractivity contribution >= 4 is 34.8 Å². The Morgan fingerprint density at radius 2 is 1.81 bits per heavy atom. The zero-order valence-corrected chi connectivity index (χ0v) is 24.7. The molecule has 1 fully saturated rings. The molecule has 1 amide bonds. The zero-order chi connectivity index (χ0) is 29.8. The van der Waals surface area contributed by atoms with Gasteiger partial charge in [0, 0.05) is 35.0 Å². The number of hydrogen-bond acceptors (Lipinski definition) is 7. The van der Waals surface area contributed by atoms with Crippen molar-refractivity contribution in [2.24, 2.45) is 0 Å². The highest BCUT2D eigenvalue weighted by Gasteiger charge is 2.23. The van der Waals surface area contributed by atoms with Crippen molar-refractivity contribution in [3.8, 4) is 28.3 Å². The first-order chi connectivity index (χ1) is 20.3. The number of methoxy groups -OCH3 is 1. The molecule has 0 bridgehead atoms. The molecule has 0 aliphatic heterocycles. The molecule has 42 heavy (non-hydrogen) atoms. The fraction of sp³-hybridized carbons (Fsp3) is 0.290. The highest BCUT2D eigenvalue weighted by molar-refractivity contribution is 6.36. The Hall–Kier alpha value is -3.76. The van der Waals surface area contributed by atoms with E-state index in [1.807, 2.05) is 43.3 Å². The number of aromatic nitrogens is 3. The third-order valence-electron chi connectivity index (χ3n) is 7.60. The maximum absolute atomic E-state index is 12.9. The lowest BCUT2D eigenvalue weighted by atomic mass is 9.92. The molecule has 4 aromatic rings. The zero-order valence-electron chi connectivity index (χ0n) is 23.2. The molecular formula is C31H31Cl2N5O4. The SMILES string of the molecule is COc1nc(-c2cccc(-c3cccc(NC(=O)c4c(Cl)cn[nH]c4=O)c3C)c2Cl)ccc1CNC1CCCCC1O. The van der Waals surface area contributed by atoms with E-state index in [-0.39, 0.29) is 22.7 Å². The van der Waals surface area contributed by atoms with Gasteiger partial charge in [-0.2, -0.15) is 5.10 Å². The Kier molecular flexibility index (Phi) is 9.23. The van der Waals surface area contributed by atoms with Gasteiger partial charge in [-0.25, -0.2) is 10.1 Å². The number of carbonyl (C=O) groups excluding carboxylic acids is 1. The molecule has 218 valence electrons. The summed E-state index contributed by atoms with van der Waals surface area (Å²) in [5.74, 6) is -0.162.